The van der Waals surface area contributed by atoms with Crippen LogP contribution in [0.15, 0.2) is 51.8 Å². The molecule has 0 saturated carbocycles. The molecule has 2 nitrogen and oxygen atoms in total. The second kappa shape index (κ2) is 7.53. The average Bonchev–Trinajstić information content (AvgIpc) is 2.49. The van der Waals surface area contributed by atoms with E-state index in [1.165, 1.54) is 5.56 Å². The topological polar surface area (TPSA) is 27.0 Å². The zero-order valence-electron chi connectivity index (χ0n) is 12.1. The van der Waals surface area contributed by atoms with Crippen LogP contribution in [0, 0.1) is 11.3 Å². The van der Waals surface area contributed by atoms with E-state index in [1.807, 2.05) is 43.4 Å². The van der Waals surface area contributed by atoms with E-state index < -0.39 is 0 Å². The number of hydrogen-bond acceptors (Lipinski definition) is 3. The number of nitrogens with zero attached hydrogens (tertiary/aromatic N) is 2. The lowest BCUT2D eigenvalue weighted by Gasteiger charge is -2.22. The summed E-state index contributed by atoms with van der Waals surface area (Å²) in [5.74, 6) is 0.964. The Labute approximate surface area is 138 Å². The third kappa shape index (κ3) is 3.81. The van der Waals surface area contributed by atoms with Crippen LogP contribution in [0.5, 0.6) is 0 Å². The van der Waals surface area contributed by atoms with Crippen LogP contribution in [0.25, 0.3) is 0 Å². The molecule has 0 aliphatic rings. The summed E-state index contributed by atoms with van der Waals surface area (Å²) in [5.41, 5.74) is 2.95. The minimum atomic E-state index is 0.760. The van der Waals surface area contributed by atoms with Crippen LogP contribution in [0.3, 0.4) is 0 Å². The highest BCUT2D eigenvalue weighted by Gasteiger charge is 2.12. The average molecular weight is 361 g/mol. The van der Waals surface area contributed by atoms with E-state index in [-0.39, 0.29) is 0 Å². The van der Waals surface area contributed by atoms with Gasteiger partial charge in [0.1, 0.15) is 6.07 Å². The first kappa shape index (κ1) is 15.9. The molecule has 0 heterocycles. The van der Waals surface area contributed by atoms with Gasteiger partial charge < -0.3 is 4.90 Å². The number of anilines is 1. The van der Waals surface area contributed by atoms with Crippen molar-refractivity contribution in [3.05, 3.63) is 58.1 Å². The summed E-state index contributed by atoms with van der Waals surface area (Å²) in [6.07, 6.45) is 0. The fourth-order valence-electron chi connectivity index (χ4n) is 2.19. The van der Waals surface area contributed by atoms with Gasteiger partial charge in [0.25, 0.3) is 0 Å². The van der Waals surface area contributed by atoms with E-state index in [0.717, 1.165) is 32.9 Å². The van der Waals surface area contributed by atoms with Crippen LogP contribution < -0.4 is 4.90 Å². The maximum absolute atomic E-state index is 9.50. The number of halogens is 1. The minimum absolute atomic E-state index is 0.760. The lowest BCUT2D eigenvalue weighted by atomic mass is 10.1. The molecule has 0 unspecified atom stereocenters. The molecule has 0 radical (unpaired) electrons. The first-order chi connectivity index (χ1) is 10.2. The molecular formula is C17H17BrN2S. The maximum Gasteiger partial charge on any atom is 0.103 e. The summed E-state index contributed by atoms with van der Waals surface area (Å²) >= 11 is 5.29. The van der Waals surface area contributed by atoms with Gasteiger partial charge in [0.05, 0.1) is 11.3 Å². The Bertz CT molecular complexity index is 664. The quantitative estimate of drug-likeness (QED) is 0.696. The number of benzene rings is 2. The second-order valence-electron chi connectivity index (χ2n) is 4.64. The van der Waals surface area contributed by atoms with Crippen molar-refractivity contribution in [2.75, 3.05) is 17.7 Å². The van der Waals surface area contributed by atoms with E-state index in [1.54, 1.807) is 11.8 Å². The summed E-state index contributed by atoms with van der Waals surface area (Å²) in [5, 5.41) is 9.50. The van der Waals surface area contributed by atoms with Gasteiger partial charge in [0.15, 0.2) is 0 Å². The lowest BCUT2D eigenvalue weighted by Crippen LogP contribution is -2.18. The zero-order valence-corrected chi connectivity index (χ0v) is 14.5. The highest BCUT2D eigenvalue weighted by molar-refractivity contribution is 9.10. The molecular weight excluding hydrogens is 344 g/mol. The van der Waals surface area contributed by atoms with E-state index in [4.69, 9.17) is 0 Å². The van der Waals surface area contributed by atoms with Crippen LogP contribution >= 0.6 is 27.7 Å². The van der Waals surface area contributed by atoms with Crippen molar-refractivity contribution in [2.45, 2.75) is 18.4 Å². The number of rotatable bonds is 5. The van der Waals surface area contributed by atoms with Gasteiger partial charge >= 0.3 is 0 Å². The van der Waals surface area contributed by atoms with Gasteiger partial charge in [-0.25, -0.2) is 0 Å². The SMILES string of the molecule is CCSc1cccc(N(C)Cc2ccccc2Br)c1C#N. The van der Waals surface area contributed by atoms with E-state index in [0.29, 0.717) is 0 Å². The molecule has 0 spiro atoms. The molecule has 108 valence electrons. The van der Waals surface area contributed by atoms with Crippen LogP contribution in [-0.4, -0.2) is 12.8 Å². The Kier molecular flexibility index (Phi) is 5.72. The van der Waals surface area contributed by atoms with Gasteiger partial charge in [-0.3, -0.25) is 0 Å². The summed E-state index contributed by atoms with van der Waals surface area (Å²) < 4.78 is 1.09. The predicted molar refractivity (Wildman–Crippen MR) is 93.8 cm³/mol. The van der Waals surface area contributed by atoms with Crippen LogP contribution in [0.1, 0.15) is 18.1 Å². The van der Waals surface area contributed by atoms with Crippen LogP contribution in [0.2, 0.25) is 0 Å². The van der Waals surface area contributed by atoms with Gasteiger partial charge in [0.2, 0.25) is 0 Å². The molecule has 2 rings (SSSR count). The third-order valence-corrected chi connectivity index (χ3v) is 4.91. The first-order valence-corrected chi connectivity index (χ1v) is 8.55. The van der Waals surface area contributed by atoms with Crippen molar-refractivity contribution in [1.29, 1.82) is 5.26 Å². The summed E-state index contributed by atoms with van der Waals surface area (Å²) in [6, 6.07) is 16.6. The van der Waals surface area contributed by atoms with E-state index in [2.05, 4.69) is 39.9 Å². The molecule has 0 bridgehead atoms. The van der Waals surface area contributed by atoms with Crippen molar-refractivity contribution >= 4 is 33.4 Å². The Morgan fingerprint density at radius 2 is 1.95 bits per heavy atom. The monoisotopic (exact) mass is 360 g/mol. The predicted octanol–water partition coefficient (Wildman–Crippen LogP) is 5.07. The molecule has 4 heteroatoms. The summed E-state index contributed by atoms with van der Waals surface area (Å²) in [6.45, 7) is 2.86. The normalized spacial score (nSPS) is 10.2. The molecule has 0 atom stereocenters. The molecule has 0 N–H and O–H groups in total. The Morgan fingerprint density at radius 1 is 1.19 bits per heavy atom. The fourth-order valence-corrected chi connectivity index (χ4v) is 3.38. The minimum Gasteiger partial charge on any atom is -0.369 e. The van der Waals surface area contributed by atoms with Gasteiger partial charge in [-0.05, 0) is 29.5 Å². The van der Waals surface area contributed by atoms with Crippen LogP contribution in [0.4, 0.5) is 5.69 Å². The van der Waals surface area contributed by atoms with Crippen molar-refractivity contribution in [1.82, 2.24) is 0 Å². The maximum atomic E-state index is 9.50. The standard InChI is InChI=1S/C17H17BrN2S/c1-3-21-17-10-6-9-16(14(17)11-19)20(2)12-13-7-4-5-8-15(13)18/h4-10H,3,12H2,1-2H3. The van der Waals surface area contributed by atoms with Gasteiger partial charge in [0, 0.05) is 23.0 Å². The molecule has 2 aromatic rings. The third-order valence-electron chi connectivity index (χ3n) is 3.19. The largest absolute Gasteiger partial charge is 0.369 e. The van der Waals surface area contributed by atoms with E-state index >= 15 is 0 Å². The van der Waals surface area contributed by atoms with Crippen molar-refractivity contribution < 1.29 is 0 Å². The summed E-state index contributed by atoms with van der Waals surface area (Å²) in [4.78, 5) is 3.18. The van der Waals surface area contributed by atoms with Gasteiger partial charge in [-0.15, -0.1) is 11.8 Å². The molecule has 0 aromatic heterocycles. The molecule has 0 fully saturated rings. The molecule has 2 aromatic carbocycles. The Hall–Kier alpha value is -1.44. The molecule has 0 saturated heterocycles. The highest BCUT2D eigenvalue weighted by Crippen LogP contribution is 2.31. The number of hydrogen-bond donors (Lipinski definition) is 0. The molecule has 0 aliphatic carbocycles. The molecule has 0 amide bonds. The van der Waals surface area contributed by atoms with Crippen molar-refractivity contribution in [3.63, 3.8) is 0 Å². The molecule has 21 heavy (non-hydrogen) atoms. The number of nitriles is 1. The second-order valence-corrected chi connectivity index (χ2v) is 6.80. The first-order valence-electron chi connectivity index (χ1n) is 6.77. The van der Waals surface area contributed by atoms with Crippen molar-refractivity contribution in [2.24, 2.45) is 0 Å². The fraction of sp³-hybridized carbons (Fsp3) is 0.235. The van der Waals surface area contributed by atoms with Crippen molar-refractivity contribution in [3.8, 4) is 6.07 Å². The molecule has 0 aliphatic heterocycles. The Morgan fingerprint density at radius 3 is 2.62 bits per heavy atom. The van der Waals surface area contributed by atoms with E-state index in [9.17, 15) is 5.26 Å². The number of thioether (sulfide) groups is 1. The van der Waals surface area contributed by atoms with Gasteiger partial charge in [-0.2, -0.15) is 5.26 Å². The summed E-state index contributed by atoms with van der Waals surface area (Å²) in [7, 11) is 2.02. The zero-order chi connectivity index (χ0) is 15.2. The smallest absolute Gasteiger partial charge is 0.103 e. The van der Waals surface area contributed by atoms with Crippen LogP contribution in [-0.2, 0) is 6.54 Å². The highest BCUT2D eigenvalue weighted by atomic mass is 79.9. The lowest BCUT2D eigenvalue weighted by molar-refractivity contribution is 0.913. The van der Waals surface area contributed by atoms with Gasteiger partial charge in [-0.1, -0.05) is 47.1 Å². The Balaban J connectivity index is 2.31.